The molecule has 1 amide bonds. The van der Waals surface area contributed by atoms with E-state index in [2.05, 4.69) is 9.84 Å². The number of aromatic nitrogens is 2. The number of carbonyl (C=O) groups excluding carboxylic acids is 1. The zero-order chi connectivity index (χ0) is 21.8. The highest BCUT2D eigenvalue weighted by molar-refractivity contribution is 5.94. The van der Waals surface area contributed by atoms with Crippen LogP contribution < -0.4 is 4.74 Å². The number of halogens is 2. The van der Waals surface area contributed by atoms with E-state index >= 15 is 0 Å². The Kier molecular flexibility index (Phi) is 5.79. The van der Waals surface area contributed by atoms with Gasteiger partial charge < -0.3 is 14.1 Å². The van der Waals surface area contributed by atoms with Gasteiger partial charge in [-0.25, -0.2) is 4.68 Å². The van der Waals surface area contributed by atoms with Crippen LogP contribution in [0.3, 0.4) is 0 Å². The van der Waals surface area contributed by atoms with E-state index in [1.165, 1.54) is 17.0 Å². The lowest BCUT2D eigenvalue weighted by Crippen LogP contribution is -2.28. The topological polar surface area (TPSA) is 60.5 Å². The molecule has 0 fully saturated rings. The Balaban J connectivity index is 1.59. The van der Waals surface area contributed by atoms with Crippen molar-refractivity contribution in [3.8, 4) is 22.9 Å². The number of ether oxygens (including phenoxy) is 1. The Bertz CT molecular complexity index is 1140. The number of hydrogen-bond donors (Lipinski definition) is 0. The third-order valence-electron chi connectivity index (χ3n) is 4.62. The van der Waals surface area contributed by atoms with Crippen molar-refractivity contribution in [2.75, 3.05) is 7.05 Å². The first-order valence-corrected chi connectivity index (χ1v) is 9.50. The van der Waals surface area contributed by atoms with Gasteiger partial charge in [0.05, 0.1) is 12.0 Å². The van der Waals surface area contributed by atoms with Crippen molar-refractivity contribution in [2.45, 2.75) is 13.2 Å². The highest BCUT2D eigenvalue weighted by Crippen LogP contribution is 2.23. The molecule has 0 bridgehead atoms. The lowest BCUT2D eigenvalue weighted by molar-refractivity contribution is -0.0498. The van der Waals surface area contributed by atoms with Crippen LogP contribution in [-0.2, 0) is 6.54 Å². The summed E-state index contributed by atoms with van der Waals surface area (Å²) in [7, 11) is 1.67. The van der Waals surface area contributed by atoms with Crippen molar-refractivity contribution in [3.05, 3.63) is 90.3 Å². The van der Waals surface area contributed by atoms with Crippen LogP contribution in [0.2, 0.25) is 0 Å². The van der Waals surface area contributed by atoms with Gasteiger partial charge in [-0.15, -0.1) is 0 Å². The van der Waals surface area contributed by atoms with E-state index in [0.717, 1.165) is 11.3 Å². The molecule has 2 aromatic carbocycles. The van der Waals surface area contributed by atoms with Crippen LogP contribution in [0.5, 0.6) is 5.75 Å². The van der Waals surface area contributed by atoms with Crippen LogP contribution in [0.15, 0.2) is 83.5 Å². The Labute approximate surface area is 177 Å². The second kappa shape index (κ2) is 8.83. The van der Waals surface area contributed by atoms with Crippen LogP contribution in [-0.4, -0.2) is 34.2 Å². The van der Waals surface area contributed by atoms with E-state index in [9.17, 15) is 13.6 Å². The zero-order valence-corrected chi connectivity index (χ0v) is 16.6. The Hall–Kier alpha value is -3.94. The molecule has 2 aromatic heterocycles. The summed E-state index contributed by atoms with van der Waals surface area (Å²) >= 11 is 0. The standard InChI is InChI=1S/C23H19F2N3O3/c1-27(15-16-9-11-18(12-10-16)31-23(24)25)22(29)20-14-19(21-8-5-13-30-21)26-28(20)17-6-3-2-4-7-17/h2-14,23H,15H2,1H3. The van der Waals surface area contributed by atoms with Crippen molar-refractivity contribution in [1.82, 2.24) is 14.7 Å². The van der Waals surface area contributed by atoms with Gasteiger partial charge in [-0.2, -0.15) is 13.9 Å². The summed E-state index contributed by atoms with van der Waals surface area (Å²) in [6.45, 7) is -2.60. The number of benzene rings is 2. The highest BCUT2D eigenvalue weighted by atomic mass is 19.3. The van der Waals surface area contributed by atoms with Gasteiger partial charge in [-0.1, -0.05) is 30.3 Å². The second-order valence-electron chi connectivity index (χ2n) is 6.82. The SMILES string of the molecule is CN(Cc1ccc(OC(F)F)cc1)C(=O)c1cc(-c2ccco2)nn1-c1ccccc1. The maximum Gasteiger partial charge on any atom is 0.387 e. The maximum atomic E-state index is 13.2. The van der Waals surface area contributed by atoms with Gasteiger partial charge in [0.2, 0.25) is 0 Å². The molecular formula is C23H19F2N3O3. The summed E-state index contributed by atoms with van der Waals surface area (Å²) in [5.41, 5.74) is 2.43. The number of carbonyl (C=O) groups is 1. The van der Waals surface area contributed by atoms with Crippen LogP contribution in [0, 0.1) is 0 Å². The molecule has 0 N–H and O–H groups in total. The Morgan fingerprint density at radius 2 is 1.84 bits per heavy atom. The first-order valence-electron chi connectivity index (χ1n) is 9.50. The summed E-state index contributed by atoms with van der Waals surface area (Å²) < 4.78 is 36.0. The van der Waals surface area contributed by atoms with Crippen molar-refractivity contribution in [2.24, 2.45) is 0 Å². The van der Waals surface area contributed by atoms with Gasteiger partial charge in [-0.3, -0.25) is 4.79 Å². The van der Waals surface area contributed by atoms with Gasteiger partial charge in [0.1, 0.15) is 17.1 Å². The third kappa shape index (κ3) is 4.63. The quantitative estimate of drug-likeness (QED) is 0.419. The molecule has 0 atom stereocenters. The Morgan fingerprint density at radius 1 is 1.10 bits per heavy atom. The molecule has 4 rings (SSSR count). The molecule has 0 spiro atoms. The second-order valence-corrected chi connectivity index (χ2v) is 6.82. The van der Waals surface area contributed by atoms with Gasteiger partial charge >= 0.3 is 6.61 Å². The van der Waals surface area contributed by atoms with E-state index in [1.54, 1.807) is 48.3 Å². The number of para-hydroxylation sites is 1. The van der Waals surface area contributed by atoms with Gasteiger partial charge in [-0.05, 0) is 42.0 Å². The van der Waals surface area contributed by atoms with Crippen LogP contribution >= 0.6 is 0 Å². The molecule has 0 saturated carbocycles. The van der Waals surface area contributed by atoms with E-state index in [4.69, 9.17) is 4.42 Å². The molecule has 31 heavy (non-hydrogen) atoms. The molecule has 4 aromatic rings. The summed E-state index contributed by atoms with van der Waals surface area (Å²) in [6.07, 6.45) is 1.55. The van der Waals surface area contributed by atoms with Crippen LogP contribution in [0.1, 0.15) is 16.1 Å². The molecule has 6 nitrogen and oxygen atoms in total. The number of nitrogens with zero attached hydrogens (tertiary/aromatic N) is 3. The molecular weight excluding hydrogens is 404 g/mol. The minimum Gasteiger partial charge on any atom is -0.463 e. The number of rotatable bonds is 7. The van der Waals surface area contributed by atoms with Gasteiger partial charge in [0.15, 0.2) is 5.76 Å². The van der Waals surface area contributed by atoms with Crippen LogP contribution in [0.25, 0.3) is 17.1 Å². The number of furan rings is 1. The van der Waals surface area contributed by atoms with E-state index in [0.29, 0.717) is 17.1 Å². The van der Waals surface area contributed by atoms with Crippen molar-refractivity contribution < 1.29 is 22.7 Å². The predicted molar refractivity (Wildman–Crippen MR) is 110 cm³/mol. The molecule has 0 radical (unpaired) electrons. The molecule has 0 aliphatic rings. The molecule has 158 valence electrons. The minimum atomic E-state index is -2.88. The van der Waals surface area contributed by atoms with Crippen molar-refractivity contribution in [1.29, 1.82) is 0 Å². The molecule has 0 unspecified atom stereocenters. The Morgan fingerprint density at radius 3 is 2.48 bits per heavy atom. The van der Waals surface area contributed by atoms with Gasteiger partial charge in [0, 0.05) is 19.7 Å². The average molecular weight is 423 g/mol. The average Bonchev–Trinajstić information content (AvgIpc) is 3.45. The zero-order valence-electron chi connectivity index (χ0n) is 16.6. The third-order valence-corrected chi connectivity index (χ3v) is 4.62. The van der Waals surface area contributed by atoms with E-state index in [1.807, 2.05) is 30.3 Å². The summed E-state index contributed by atoms with van der Waals surface area (Å²) in [5, 5.41) is 4.56. The van der Waals surface area contributed by atoms with E-state index in [-0.39, 0.29) is 18.2 Å². The molecule has 0 aliphatic carbocycles. The summed E-state index contributed by atoms with van der Waals surface area (Å²) in [6, 6.07) is 20.7. The molecule has 0 aliphatic heterocycles. The fourth-order valence-electron chi connectivity index (χ4n) is 3.16. The lowest BCUT2D eigenvalue weighted by atomic mass is 10.2. The normalized spacial score (nSPS) is 11.0. The highest BCUT2D eigenvalue weighted by Gasteiger charge is 2.22. The summed E-state index contributed by atoms with van der Waals surface area (Å²) in [5.74, 6) is 0.376. The number of hydrogen-bond acceptors (Lipinski definition) is 4. The van der Waals surface area contributed by atoms with Crippen molar-refractivity contribution >= 4 is 5.91 Å². The fraction of sp³-hybridized carbons (Fsp3) is 0.130. The first-order chi connectivity index (χ1) is 15.0. The van der Waals surface area contributed by atoms with E-state index < -0.39 is 6.61 Å². The number of alkyl halides is 2. The first kappa shape index (κ1) is 20.3. The van der Waals surface area contributed by atoms with Gasteiger partial charge in [0.25, 0.3) is 5.91 Å². The van der Waals surface area contributed by atoms with Crippen LogP contribution in [0.4, 0.5) is 8.78 Å². The largest absolute Gasteiger partial charge is 0.463 e. The monoisotopic (exact) mass is 423 g/mol. The molecule has 0 saturated heterocycles. The number of amides is 1. The fourth-order valence-corrected chi connectivity index (χ4v) is 3.16. The smallest absolute Gasteiger partial charge is 0.387 e. The summed E-state index contributed by atoms with van der Waals surface area (Å²) in [4.78, 5) is 14.8. The predicted octanol–water partition coefficient (Wildman–Crippen LogP) is 5.01. The molecule has 2 heterocycles. The molecule has 8 heteroatoms. The lowest BCUT2D eigenvalue weighted by Gasteiger charge is -2.18. The minimum absolute atomic E-state index is 0.0676. The van der Waals surface area contributed by atoms with Crippen molar-refractivity contribution in [3.63, 3.8) is 0 Å². The maximum absolute atomic E-state index is 13.2.